The molecule has 0 bridgehead atoms. The van der Waals surface area contributed by atoms with Crippen molar-refractivity contribution < 1.29 is 0 Å². The molecule has 0 fully saturated rings. The molecular formula is C16H30N2S. The molecule has 0 radical (unpaired) electrons. The quantitative estimate of drug-likeness (QED) is 0.812. The van der Waals surface area contributed by atoms with E-state index < -0.39 is 0 Å². The Morgan fingerprint density at radius 1 is 1.26 bits per heavy atom. The van der Waals surface area contributed by atoms with Crippen molar-refractivity contribution in [3.05, 3.63) is 21.9 Å². The molecule has 3 heteroatoms. The largest absolute Gasteiger partial charge is 0.326 e. The zero-order valence-electron chi connectivity index (χ0n) is 13.3. The highest BCUT2D eigenvalue weighted by molar-refractivity contribution is 7.10. The third-order valence-electron chi connectivity index (χ3n) is 3.64. The number of hydrogen-bond donors (Lipinski definition) is 1. The average molecular weight is 282 g/mol. The maximum absolute atomic E-state index is 6.46. The van der Waals surface area contributed by atoms with E-state index in [9.17, 15) is 0 Å². The Morgan fingerprint density at radius 2 is 1.89 bits per heavy atom. The molecule has 2 unspecified atom stereocenters. The number of hydrogen-bond acceptors (Lipinski definition) is 3. The summed E-state index contributed by atoms with van der Waals surface area (Å²) < 4.78 is 0. The van der Waals surface area contributed by atoms with Crippen molar-refractivity contribution in [2.75, 3.05) is 6.54 Å². The van der Waals surface area contributed by atoms with Crippen molar-refractivity contribution in [1.82, 2.24) is 4.90 Å². The van der Waals surface area contributed by atoms with Crippen LogP contribution in [0.5, 0.6) is 0 Å². The van der Waals surface area contributed by atoms with Gasteiger partial charge in [0.25, 0.3) is 0 Å². The van der Waals surface area contributed by atoms with E-state index in [-0.39, 0.29) is 6.04 Å². The topological polar surface area (TPSA) is 29.3 Å². The van der Waals surface area contributed by atoms with Gasteiger partial charge in [0.15, 0.2) is 0 Å². The van der Waals surface area contributed by atoms with Gasteiger partial charge in [-0.05, 0) is 50.1 Å². The molecule has 2 atom stereocenters. The molecule has 1 rings (SSSR count). The Morgan fingerprint density at radius 3 is 2.26 bits per heavy atom. The van der Waals surface area contributed by atoms with Crippen LogP contribution in [0.4, 0.5) is 0 Å². The summed E-state index contributed by atoms with van der Waals surface area (Å²) in [5.74, 6) is 0.661. The molecule has 2 nitrogen and oxygen atoms in total. The van der Waals surface area contributed by atoms with Crippen LogP contribution in [0.3, 0.4) is 0 Å². The summed E-state index contributed by atoms with van der Waals surface area (Å²) in [5, 5.41) is 2.19. The molecule has 2 N–H and O–H groups in total. The summed E-state index contributed by atoms with van der Waals surface area (Å²) in [6.07, 6.45) is 1.02. The van der Waals surface area contributed by atoms with Crippen LogP contribution in [-0.2, 0) is 0 Å². The lowest BCUT2D eigenvalue weighted by Gasteiger charge is -2.39. The minimum Gasteiger partial charge on any atom is -0.326 e. The minimum atomic E-state index is 0.207. The van der Waals surface area contributed by atoms with Gasteiger partial charge < -0.3 is 5.73 Å². The second-order valence-corrected chi connectivity index (χ2v) is 7.12. The van der Waals surface area contributed by atoms with E-state index in [1.807, 2.05) is 11.3 Å². The second kappa shape index (κ2) is 7.41. The summed E-state index contributed by atoms with van der Waals surface area (Å²) in [6, 6.07) is 3.29. The lowest BCUT2D eigenvalue weighted by molar-refractivity contribution is 0.116. The van der Waals surface area contributed by atoms with Gasteiger partial charge in [-0.25, -0.2) is 0 Å². The monoisotopic (exact) mass is 282 g/mol. The number of thiophene rings is 1. The highest BCUT2D eigenvalue weighted by atomic mass is 32.1. The first-order valence-electron chi connectivity index (χ1n) is 7.43. The first-order valence-corrected chi connectivity index (χ1v) is 8.31. The van der Waals surface area contributed by atoms with E-state index in [4.69, 9.17) is 5.73 Å². The molecule has 0 aliphatic carbocycles. The smallest absolute Gasteiger partial charge is 0.0598 e. The number of nitrogens with two attached hydrogens (primary N) is 1. The molecule has 0 aromatic carbocycles. The summed E-state index contributed by atoms with van der Waals surface area (Å²) >= 11 is 1.85. The minimum absolute atomic E-state index is 0.207. The number of aryl methyl sites for hydroxylation is 1. The molecule has 19 heavy (non-hydrogen) atoms. The van der Waals surface area contributed by atoms with E-state index in [0.717, 1.165) is 13.0 Å². The van der Waals surface area contributed by atoms with Crippen LogP contribution in [0.25, 0.3) is 0 Å². The van der Waals surface area contributed by atoms with Gasteiger partial charge >= 0.3 is 0 Å². The summed E-state index contributed by atoms with van der Waals surface area (Å²) in [7, 11) is 0. The number of rotatable bonds is 7. The van der Waals surface area contributed by atoms with E-state index in [2.05, 4.69) is 57.9 Å². The Kier molecular flexibility index (Phi) is 6.51. The van der Waals surface area contributed by atoms with E-state index in [0.29, 0.717) is 18.0 Å². The molecule has 0 spiro atoms. The van der Waals surface area contributed by atoms with Crippen LogP contribution in [0.2, 0.25) is 0 Å². The molecule has 110 valence electrons. The first kappa shape index (κ1) is 16.7. The molecule has 1 heterocycles. The van der Waals surface area contributed by atoms with Crippen molar-refractivity contribution >= 4 is 11.3 Å². The van der Waals surface area contributed by atoms with Crippen molar-refractivity contribution in [2.45, 2.75) is 66.1 Å². The number of nitrogens with zero attached hydrogens (tertiary/aromatic N) is 1. The Balaban J connectivity index is 3.10. The standard InChI is InChI=1S/C16H30N2S/c1-7-14(17)15(16-13(6)8-9-19-16)18(12(4)5)10-11(2)3/h8-9,11-12,14-15H,7,10,17H2,1-6H3. The molecule has 0 saturated heterocycles. The van der Waals surface area contributed by atoms with Crippen LogP contribution < -0.4 is 5.73 Å². The fourth-order valence-corrected chi connectivity index (χ4v) is 3.69. The van der Waals surface area contributed by atoms with Crippen LogP contribution >= 0.6 is 11.3 Å². The predicted molar refractivity (Wildman–Crippen MR) is 86.7 cm³/mol. The normalized spacial score (nSPS) is 15.5. The molecule has 1 aromatic heterocycles. The lowest BCUT2D eigenvalue weighted by Crippen LogP contribution is -2.45. The van der Waals surface area contributed by atoms with Gasteiger partial charge in [-0.1, -0.05) is 20.8 Å². The van der Waals surface area contributed by atoms with Gasteiger partial charge in [-0.2, -0.15) is 0 Å². The molecular weight excluding hydrogens is 252 g/mol. The van der Waals surface area contributed by atoms with Crippen molar-refractivity contribution in [2.24, 2.45) is 11.7 Å². The van der Waals surface area contributed by atoms with E-state index >= 15 is 0 Å². The molecule has 0 aliphatic rings. The van der Waals surface area contributed by atoms with Crippen molar-refractivity contribution in [1.29, 1.82) is 0 Å². The summed E-state index contributed by atoms with van der Waals surface area (Å²) in [5.41, 5.74) is 7.84. The van der Waals surface area contributed by atoms with Gasteiger partial charge in [-0.3, -0.25) is 4.90 Å². The van der Waals surface area contributed by atoms with E-state index in [1.54, 1.807) is 0 Å². The van der Waals surface area contributed by atoms with Crippen molar-refractivity contribution in [3.8, 4) is 0 Å². The Bertz CT molecular complexity index is 371. The fraction of sp³-hybridized carbons (Fsp3) is 0.750. The van der Waals surface area contributed by atoms with Gasteiger partial charge in [0, 0.05) is 23.5 Å². The SMILES string of the molecule is CCC(N)C(c1sccc1C)N(CC(C)C)C(C)C. The van der Waals surface area contributed by atoms with Crippen LogP contribution in [-0.4, -0.2) is 23.5 Å². The highest BCUT2D eigenvalue weighted by Crippen LogP contribution is 2.33. The third-order valence-corrected chi connectivity index (χ3v) is 4.73. The fourth-order valence-electron chi connectivity index (χ4n) is 2.57. The van der Waals surface area contributed by atoms with Crippen LogP contribution in [0.1, 0.15) is 57.5 Å². The molecule has 0 saturated carbocycles. The molecule has 0 amide bonds. The Hall–Kier alpha value is -0.380. The van der Waals surface area contributed by atoms with Crippen LogP contribution in [0, 0.1) is 12.8 Å². The maximum Gasteiger partial charge on any atom is 0.0598 e. The molecule has 0 aliphatic heterocycles. The predicted octanol–water partition coefficient (Wildman–Crippen LogP) is 4.20. The lowest BCUT2D eigenvalue weighted by atomic mass is 9.98. The van der Waals surface area contributed by atoms with Gasteiger partial charge in [0.2, 0.25) is 0 Å². The van der Waals surface area contributed by atoms with Crippen molar-refractivity contribution in [3.63, 3.8) is 0 Å². The maximum atomic E-state index is 6.46. The average Bonchev–Trinajstić information content (AvgIpc) is 2.74. The van der Waals surface area contributed by atoms with Gasteiger partial charge in [-0.15, -0.1) is 11.3 Å². The van der Waals surface area contributed by atoms with E-state index in [1.165, 1.54) is 10.4 Å². The van der Waals surface area contributed by atoms with Crippen LogP contribution in [0.15, 0.2) is 11.4 Å². The summed E-state index contributed by atoms with van der Waals surface area (Å²) in [4.78, 5) is 4.03. The third kappa shape index (κ3) is 4.30. The summed E-state index contributed by atoms with van der Waals surface area (Å²) in [6.45, 7) is 14.6. The second-order valence-electron chi connectivity index (χ2n) is 6.17. The molecule has 1 aromatic rings. The highest BCUT2D eigenvalue weighted by Gasteiger charge is 2.29. The zero-order valence-corrected chi connectivity index (χ0v) is 14.1. The first-order chi connectivity index (χ1) is 8.88. The van der Waals surface area contributed by atoms with Gasteiger partial charge in [0.05, 0.1) is 6.04 Å². The zero-order chi connectivity index (χ0) is 14.6. The Labute approximate surface area is 123 Å². The van der Waals surface area contributed by atoms with Gasteiger partial charge in [0.1, 0.15) is 0 Å².